The van der Waals surface area contributed by atoms with E-state index >= 15 is 0 Å². The van der Waals surface area contributed by atoms with Crippen LogP contribution in [0, 0.1) is 0 Å². The zero-order valence-electron chi connectivity index (χ0n) is 5.28. The van der Waals surface area contributed by atoms with Gasteiger partial charge in [0.1, 0.15) is 0 Å². The van der Waals surface area contributed by atoms with Crippen LogP contribution in [0.5, 0.6) is 0 Å². The first-order chi connectivity index (χ1) is 4.74. The maximum atomic E-state index is 10.3. The van der Waals surface area contributed by atoms with E-state index in [9.17, 15) is 4.79 Å². The Morgan fingerprint density at radius 1 is 1.80 bits per heavy atom. The van der Waals surface area contributed by atoms with E-state index in [0.29, 0.717) is 5.32 Å². The number of carbonyl (C=O) groups is 1. The van der Waals surface area contributed by atoms with Gasteiger partial charge in [-0.3, -0.25) is 0 Å². The fourth-order valence-electron chi connectivity index (χ4n) is 0.781. The molecule has 4 nitrogen and oxygen atoms in total. The molecule has 2 atom stereocenters. The van der Waals surface area contributed by atoms with E-state index in [-0.39, 0.29) is 26.5 Å². The van der Waals surface area contributed by atoms with E-state index in [1.807, 2.05) is 0 Å². The minimum absolute atomic E-state index is 0.0496. The number of carboxylic acids is 1. The van der Waals surface area contributed by atoms with E-state index in [1.54, 1.807) is 0 Å². The summed E-state index contributed by atoms with van der Waals surface area (Å²) in [6, 6.07) is -0.419. The first-order valence-electron chi connectivity index (χ1n) is 2.95. The van der Waals surface area contributed by atoms with Gasteiger partial charge in [0, 0.05) is 0 Å². The predicted octanol–water partition coefficient (Wildman–Crippen LogP) is -1.52. The molecule has 0 aromatic carbocycles. The van der Waals surface area contributed by atoms with Crippen LogP contribution in [0.25, 0.3) is 0 Å². The van der Waals surface area contributed by atoms with Crippen LogP contribution in [0.15, 0.2) is 0 Å². The van der Waals surface area contributed by atoms with Gasteiger partial charge in [-0.1, -0.05) is 0 Å². The number of carboxylic acid groups (broad SMARTS) is 1. The van der Waals surface area contributed by atoms with Crippen molar-refractivity contribution in [3.8, 4) is 0 Å². The van der Waals surface area contributed by atoms with Crippen LogP contribution in [0.1, 0.15) is 0 Å². The summed E-state index contributed by atoms with van der Waals surface area (Å²) in [7, 11) is 0. The summed E-state index contributed by atoms with van der Waals surface area (Å²) in [5, 5.41) is 20.6. The van der Waals surface area contributed by atoms with Crippen molar-refractivity contribution in [2.24, 2.45) is 0 Å². The molecule has 3 N–H and O–H groups in total. The first-order valence-corrected chi connectivity index (χ1v) is 5.15. The van der Waals surface area contributed by atoms with Gasteiger partial charge in [0.05, 0.1) is 0 Å². The third-order valence-electron chi connectivity index (χ3n) is 1.32. The summed E-state index contributed by atoms with van der Waals surface area (Å²) in [5.41, 5.74) is 0. The first kappa shape index (κ1) is 8.01. The molecule has 1 heterocycles. The van der Waals surface area contributed by atoms with Gasteiger partial charge in [-0.05, 0) is 0 Å². The number of nitrogens with one attached hydrogen (secondary N) is 1. The molecular formula is C5H9NO3Se. The molecule has 1 saturated heterocycles. The predicted molar refractivity (Wildman–Crippen MR) is 36.0 cm³/mol. The Bertz CT molecular complexity index is 141. The molecule has 0 amide bonds. The summed E-state index contributed by atoms with van der Waals surface area (Å²) in [6.07, 6.45) is 0. The molecule has 0 bridgehead atoms. The summed E-state index contributed by atoms with van der Waals surface area (Å²) in [5.74, 6) is -0.808. The Morgan fingerprint density at radius 3 is 2.80 bits per heavy atom. The van der Waals surface area contributed by atoms with Crippen LogP contribution in [-0.4, -0.2) is 48.7 Å². The van der Waals surface area contributed by atoms with E-state index in [0.717, 1.165) is 0 Å². The molecule has 0 spiro atoms. The van der Waals surface area contributed by atoms with E-state index in [2.05, 4.69) is 5.32 Å². The molecule has 2 unspecified atom stereocenters. The van der Waals surface area contributed by atoms with Crippen molar-refractivity contribution >= 4 is 20.9 Å². The summed E-state index contributed by atoms with van der Waals surface area (Å²) in [4.78, 5) is 10.4. The van der Waals surface area contributed by atoms with Crippen LogP contribution < -0.4 is 5.32 Å². The van der Waals surface area contributed by atoms with Gasteiger partial charge < -0.3 is 0 Å². The second-order valence-corrected chi connectivity index (χ2v) is 4.65. The Morgan fingerprint density at radius 2 is 2.50 bits per heavy atom. The van der Waals surface area contributed by atoms with Crippen molar-refractivity contribution in [3.05, 3.63) is 0 Å². The average molecular weight is 210 g/mol. The zero-order chi connectivity index (χ0) is 7.56. The van der Waals surface area contributed by atoms with Crippen molar-refractivity contribution in [1.29, 1.82) is 0 Å². The van der Waals surface area contributed by atoms with Gasteiger partial charge in [0.2, 0.25) is 0 Å². The van der Waals surface area contributed by atoms with Gasteiger partial charge in [0.15, 0.2) is 0 Å². The molecule has 0 aromatic heterocycles. The normalized spacial score (nSPS) is 32.5. The van der Waals surface area contributed by atoms with Crippen LogP contribution in [0.2, 0.25) is 5.32 Å². The fraction of sp³-hybridized carbons (Fsp3) is 0.800. The summed E-state index contributed by atoms with van der Waals surface area (Å²) in [6.45, 7) is 0.0593. The van der Waals surface area contributed by atoms with Gasteiger partial charge in [-0.25, -0.2) is 0 Å². The van der Waals surface area contributed by atoms with E-state index in [4.69, 9.17) is 10.2 Å². The second-order valence-electron chi connectivity index (χ2n) is 2.06. The van der Waals surface area contributed by atoms with Crippen LogP contribution in [0.4, 0.5) is 0 Å². The van der Waals surface area contributed by atoms with Gasteiger partial charge >= 0.3 is 64.2 Å². The minimum atomic E-state index is -0.808. The Balaban J connectivity index is 2.35. The zero-order valence-corrected chi connectivity index (χ0v) is 6.99. The van der Waals surface area contributed by atoms with Crippen molar-refractivity contribution in [3.63, 3.8) is 0 Å². The molecule has 0 aromatic rings. The third-order valence-corrected chi connectivity index (χ3v) is 3.86. The Labute approximate surface area is 64.8 Å². The number of aliphatic hydroxyl groups excluding tert-OH is 1. The van der Waals surface area contributed by atoms with E-state index in [1.165, 1.54) is 0 Å². The van der Waals surface area contributed by atoms with Crippen molar-refractivity contribution in [2.75, 3.05) is 6.61 Å². The number of aliphatic carboxylic acids is 1. The summed E-state index contributed by atoms with van der Waals surface area (Å²) < 4.78 is 0. The van der Waals surface area contributed by atoms with Gasteiger partial charge in [-0.2, -0.15) is 0 Å². The number of hydrogen-bond donors (Lipinski definition) is 3. The van der Waals surface area contributed by atoms with Gasteiger partial charge in [-0.15, -0.1) is 0 Å². The molecule has 5 heteroatoms. The van der Waals surface area contributed by atoms with Gasteiger partial charge in [0.25, 0.3) is 0 Å². The molecule has 58 valence electrons. The van der Waals surface area contributed by atoms with Crippen LogP contribution in [-0.2, 0) is 4.79 Å². The fourth-order valence-corrected chi connectivity index (χ4v) is 2.94. The van der Waals surface area contributed by atoms with Crippen molar-refractivity contribution < 1.29 is 15.0 Å². The second kappa shape index (κ2) is 3.34. The molecule has 1 rings (SSSR count). The summed E-state index contributed by atoms with van der Waals surface area (Å²) >= 11 is 0.248. The third kappa shape index (κ3) is 1.70. The Kier molecular flexibility index (Phi) is 2.68. The molecule has 0 aliphatic carbocycles. The topological polar surface area (TPSA) is 69.6 Å². The Hall–Kier alpha value is -0.0905. The van der Waals surface area contributed by atoms with Crippen LogP contribution >= 0.6 is 0 Å². The van der Waals surface area contributed by atoms with E-state index < -0.39 is 12.0 Å². The molecule has 10 heavy (non-hydrogen) atoms. The number of hydrogen-bond acceptors (Lipinski definition) is 3. The van der Waals surface area contributed by atoms with Crippen molar-refractivity contribution in [2.45, 2.75) is 16.3 Å². The molecule has 1 aliphatic rings. The SMILES string of the molecule is O=C(O)C1C[Se]C(CO)N1. The van der Waals surface area contributed by atoms with Crippen LogP contribution in [0.3, 0.4) is 0 Å². The molecule has 1 fully saturated rings. The average Bonchev–Trinajstić information content (AvgIpc) is 2.34. The maximum absolute atomic E-state index is 10.3. The molecule has 1 aliphatic heterocycles. The van der Waals surface area contributed by atoms with Crippen molar-refractivity contribution in [1.82, 2.24) is 5.32 Å². The molecule has 0 radical (unpaired) electrons. The molecular weight excluding hydrogens is 201 g/mol. The monoisotopic (exact) mass is 211 g/mol. The number of aliphatic hydroxyl groups is 1. The number of rotatable bonds is 2. The standard InChI is InChI=1S/C5H9NO3Se/c7-1-4-6-3(2-10-4)5(8)9/h3-4,6-7H,1-2H2,(H,8,9). The molecule has 0 saturated carbocycles. The quantitative estimate of drug-likeness (QED) is 0.484.